The maximum Gasteiger partial charge on any atom is 0.141 e. The zero-order chi connectivity index (χ0) is 13.0. The van der Waals surface area contributed by atoms with E-state index in [-0.39, 0.29) is 0 Å². The zero-order valence-electron chi connectivity index (χ0n) is 11.5. The predicted molar refractivity (Wildman–Crippen MR) is 75.8 cm³/mol. The van der Waals surface area contributed by atoms with Crippen molar-refractivity contribution in [3.8, 4) is 0 Å². The van der Waals surface area contributed by atoms with Gasteiger partial charge in [0.1, 0.15) is 5.78 Å². The summed E-state index contributed by atoms with van der Waals surface area (Å²) in [6.07, 6.45) is 8.33. The molecule has 0 bridgehead atoms. The second kappa shape index (κ2) is 5.99. The Balaban J connectivity index is 1.94. The van der Waals surface area contributed by atoms with Gasteiger partial charge in [-0.2, -0.15) is 0 Å². The van der Waals surface area contributed by atoms with Gasteiger partial charge in [-0.3, -0.25) is 4.79 Å². The molecule has 0 atom stereocenters. The van der Waals surface area contributed by atoms with Gasteiger partial charge in [0.15, 0.2) is 0 Å². The Bertz CT molecular complexity index is 468. The Morgan fingerprint density at radius 1 is 1.11 bits per heavy atom. The van der Waals surface area contributed by atoms with E-state index in [1.54, 1.807) is 0 Å². The molecule has 2 rings (SSSR count). The number of aryl methyl sites for hydroxylation is 2. The minimum atomic E-state index is 0.353. The lowest BCUT2D eigenvalue weighted by molar-refractivity contribution is -0.117. The van der Waals surface area contributed by atoms with Crippen molar-refractivity contribution in [3.63, 3.8) is 0 Å². The molecule has 0 amide bonds. The average Bonchev–Trinajstić information content (AvgIpc) is 2.35. The number of Topliss-reactive ketones (excluding diaryl/α,β-unsaturated/α-hetero) is 1. The molecule has 0 aromatic heterocycles. The number of allylic oxidation sites excluding steroid dienone is 2. The maximum absolute atomic E-state index is 12.0. The fourth-order valence-corrected chi connectivity index (χ4v) is 2.52. The van der Waals surface area contributed by atoms with Crippen LogP contribution in [0.5, 0.6) is 0 Å². The molecule has 18 heavy (non-hydrogen) atoms. The lowest BCUT2D eigenvalue weighted by Crippen LogP contribution is -2.06. The molecule has 1 heteroatoms. The summed E-state index contributed by atoms with van der Waals surface area (Å²) in [6, 6.07) is 6.33. The van der Waals surface area contributed by atoms with Crippen LogP contribution >= 0.6 is 0 Å². The molecule has 1 nitrogen and oxygen atoms in total. The summed E-state index contributed by atoms with van der Waals surface area (Å²) in [4.78, 5) is 12.0. The van der Waals surface area contributed by atoms with E-state index in [0.29, 0.717) is 18.6 Å². The quantitative estimate of drug-likeness (QED) is 0.719. The first-order valence-corrected chi connectivity index (χ1v) is 6.91. The number of carbonyl (C=O) groups is 1. The Hall–Kier alpha value is -1.37. The number of hydrogen-bond donors (Lipinski definition) is 0. The van der Waals surface area contributed by atoms with E-state index in [4.69, 9.17) is 0 Å². The first-order chi connectivity index (χ1) is 8.65. The first-order valence-electron chi connectivity index (χ1n) is 6.91. The molecular weight excluding hydrogens is 220 g/mol. The standard InChI is InChI=1S/C17H22O/c1-13-8-9-16(10-14(13)2)12-17(18)11-15-6-4-3-5-7-15/h6,8-10H,3-5,7,11-12H2,1-2H3. The van der Waals surface area contributed by atoms with Crippen LogP contribution in [0.1, 0.15) is 48.8 Å². The van der Waals surface area contributed by atoms with Gasteiger partial charge < -0.3 is 0 Å². The van der Waals surface area contributed by atoms with E-state index in [9.17, 15) is 4.79 Å². The SMILES string of the molecule is Cc1ccc(CC(=O)CC2=CCCCC2)cc1C. The van der Waals surface area contributed by atoms with E-state index in [2.05, 4.69) is 38.1 Å². The monoisotopic (exact) mass is 242 g/mol. The smallest absolute Gasteiger partial charge is 0.141 e. The highest BCUT2D eigenvalue weighted by atomic mass is 16.1. The minimum Gasteiger partial charge on any atom is -0.299 e. The molecule has 0 saturated carbocycles. The van der Waals surface area contributed by atoms with Crippen LogP contribution in [-0.2, 0) is 11.2 Å². The molecule has 96 valence electrons. The summed E-state index contributed by atoms with van der Waals surface area (Å²) in [5.41, 5.74) is 5.08. The van der Waals surface area contributed by atoms with Gasteiger partial charge in [0.25, 0.3) is 0 Å². The van der Waals surface area contributed by atoms with E-state index in [1.807, 2.05) is 0 Å². The summed E-state index contributed by atoms with van der Waals surface area (Å²) in [5.74, 6) is 0.353. The van der Waals surface area contributed by atoms with Crippen molar-refractivity contribution in [1.82, 2.24) is 0 Å². The van der Waals surface area contributed by atoms with Crippen molar-refractivity contribution in [2.75, 3.05) is 0 Å². The van der Waals surface area contributed by atoms with Gasteiger partial charge in [-0.25, -0.2) is 0 Å². The third-order valence-corrected chi connectivity index (χ3v) is 3.78. The van der Waals surface area contributed by atoms with Crippen LogP contribution in [-0.4, -0.2) is 5.78 Å². The fraction of sp³-hybridized carbons (Fsp3) is 0.471. The third kappa shape index (κ3) is 3.56. The van der Waals surface area contributed by atoms with Crippen molar-refractivity contribution in [3.05, 3.63) is 46.5 Å². The zero-order valence-corrected chi connectivity index (χ0v) is 11.5. The topological polar surface area (TPSA) is 17.1 Å². The van der Waals surface area contributed by atoms with Gasteiger partial charge in [0.2, 0.25) is 0 Å². The van der Waals surface area contributed by atoms with E-state index >= 15 is 0 Å². The molecule has 1 aliphatic carbocycles. The van der Waals surface area contributed by atoms with Gasteiger partial charge in [0, 0.05) is 12.8 Å². The summed E-state index contributed by atoms with van der Waals surface area (Å²) in [6.45, 7) is 4.21. The highest BCUT2D eigenvalue weighted by Gasteiger charge is 2.10. The predicted octanol–water partition coefficient (Wildman–Crippen LogP) is 4.31. The lowest BCUT2D eigenvalue weighted by atomic mass is 9.93. The van der Waals surface area contributed by atoms with Crippen molar-refractivity contribution in [1.29, 1.82) is 0 Å². The molecule has 0 N–H and O–H groups in total. The molecule has 0 fully saturated rings. The third-order valence-electron chi connectivity index (χ3n) is 3.78. The Kier molecular flexibility index (Phi) is 4.35. The van der Waals surface area contributed by atoms with Gasteiger partial charge in [-0.05, 0) is 56.2 Å². The summed E-state index contributed by atoms with van der Waals surface area (Å²) in [5, 5.41) is 0. The van der Waals surface area contributed by atoms with Crippen LogP contribution < -0.4 is 0 Å². The van der Waals surface area contributed by atoms with Crippen molar-refractivity contribution < 1.29 is 4.79 Å². The average molecular weight is 242 g/mol. The molecule has 0 spiro atoms. The summed E-state index contributed by atoms with van der Waals surface area (Å²) >= 11 is 0. The molecule has 1 aromatic rings. The Morgan fingerprint density at radius 2 is 1.94 bits per heavy atom. The van der Waals surface area contributed by atoms with Crippen LogP contribution in [0.4, 0.5) is 0 Å². The highest BCUT2D eigenvalue weighted by Crippen LogP contribution is 2.21. The first kappa shape index (κ1) is 13.1. The van der Waals surface area contributed by atoms with Crippen molar-refractivity contribution in [2.45, 2.75) is 52.4 Å². The number of hydrogen-bond acceptors (Lipinski definition) is 1. The molecule has 0 radical (unpaired) electrons. The molecule has 1 aromatic carbocycles. The normalized spacial score (nSPS) is 15.3. The van der Waals surface area contributed by atoms with E-state index in [1.165, 1.54) is 29.5 Å². The maximum atomic E-state index is 12.0. The van der Waals surface area contributed by atoms with E-state index < -0.39 is 0 Å². The van der Waals surface area contributed by atoms with Gasteiger partial charge in [0.05, 0.1) is 0 Å². The molecule has 0 saturated heterocycles. The molecule has 0 unspecified atom stereocenters. The van der Waals surface area contributed by atoms with Crippen LogP contribution in [0.25, 0.3) is 0 Å². The summed E-state index contributed by atoms with van der Waals surface area (Å²) in [7, 11) is 0. The molecule has 0 aliphatic heterocycles. The van der Waals surface area contributed by atoms with Crippen LogP contribution in [0.2, 0.25) is 0 Å². The van der Waals surface area contributed by atoms with Crippen molar-refractivity contribution in [2.24, 2.45) is 0 Å². The molecule has 1 aliphatic rings. The fourth-order valence-electron chi connectivity index (χ4n) is 2.52. The van der Waals surface area contributed by atoms with Gasteiger partial charge in [-0.1, -0.05) is 29.8 Å². The Labute approximate surface area is 110 Å². The molecule has 0 heterocycles. The van der Waals surface area contributed by atoms with Crippen LogP contribution in [0.15, 0.2) is 29.8 Å². The number of carbonyl (C=O) groups excluding carboxylic acids is 1. The second-order valence-electron chi connectivity index (χ2n) is 5.42. The summed E-state index contributed by atoms with van der Waals surface area (Å²) < 4.78 is 0. The van der Waals surface area contributed by atoms with Crippen LogP contribution in [0.3, 0.4) is 0 Å². The lowest BCUT2D eigenvalue weighted by Gasteiger charge is -2.12. The second-order valence-corrected chi connectivity index (χ2v) is 5.42. The van der Waals surface area contributed by atoms with Crippen molar-refractivity contribution >= 4 is 5.78 Å². The number of ketones is 1. The number of benzene rings is 1. The largest absolute Gasteiger partial charge is 0.299 e. The minimum absolute atomic E-state index is 0.353. The van der Waals surface area contributed by atoms with Gasteiger partial charge >= 0.3 is 0 Å². The Morgan fingerprint density at radius 3 is 2.61 bits per heavy atom. The van der Waals surface area contributed by atoms with Gasteiger partial charge in [-0.15, -0.1) is 0 Å². The number of rotatable bonds is 4. The van der Waals surface area contributed by atoms with E-state index in [0.717, 1.165) is 18.4 Å². The van der Waals surface area contributed by atoms with Crippen LogP contribution in [0, 0.1) is 13.8 Å². The molecular formula is C17H22O. The highest BCUT2D eigenvalue weighted by molar-refractivity contribution is 5.83.